The Kier molecular flexibility index (Phi) is 4.43. The van der Waals surface area contributed by atoms with Crippen molar-refractivity contribution < 1.29 is 0 Å². The highest BCUT2D eigenvalue weighted by Gasteiger charge is 2.24. The van der Waals surface area contributed by atoms with Crippen LogP contribution >= 0.6 is 0 Å². The van der Waals surface area contributed by atoms with Crippen LogP contribution in [0.1, 0.15) is 53.0 Å². The summed E-state index contributed by atoms with van der Waals surface area (Å²) in [5, 5.41) is 3.72. The Hall–Kier alpha value is -1.02. The van der Waals surface area contributed by atoms with Crippen LogP contribution in [0.3, 0.4) is 0 Å². The maximum absolute atomic E-state index is 3.72. The highest BCUT2D eigenvalue weighted by Crippen LogP contribution is 2.26. The van der Waals surface area contributed by atoms with Crippen molar-refractivity contribution in [3.8, 4) is 0 Å². The van der Waals surface area contributed by atoms with Gasteiger partial charge in [0.05, 0.1) is 0 Å². The van der Waals surface area contributed by atoms with Crippen molar-refractivity contribution in [1.82, 2.24) is 4.90 Å². The second kappa shape index (κ2) is 5.77. The standard InChI is InChI=1S/C18H30N2/c1-17(2,3)15-9-8-10-16(13-15)19-18(4,5)14-20-11-6-7-12-20/h8-10,13,19H,6-7,11-12,14H2,1-5H3. The molecule has 20 heavy (non-hydrogen) atoms. The number of nitrogens with one attached hydrogen (secondary N) is 1. The van der Waals surface area contributed by atoms with Crippen molar-refractivity contribution in [2.24, 2.45) is 0 Å². The molecule has 0 saturated carbocycles. The summed E-state index contributed by atoms with van der Waals surface area (Å²) < 4.78 is 0. The van der Waals surface area contributed by atoms with E-state index in [-0.39, 0.29) is 11.0 Å². The van der Waals surface area contributed by atoms with E-state index in [0.29, 0.717) is 0 Å². The largest absolute Gasteiger partial charge is 0.379 e. The number of nitrogens with zero attached hydrogens (tertiary/aromatic N) is 1. The molecule has 0 amide bonds. The van der Waals surface area contributed by atoms with Crippen LogP contribution in [0.5, 0.6) is 0 Å². The second-order valence-corrected chi connectivity index (χ2v) is 7.82. The van der Waals surface area contributed by atoms with Gasteiger partial charge in [0.25, 0.3) is 0 Å². The predicted octanol–water partition coefficient (Wildman–Crippen LogP) is 4.27. The number of hydrogen-bond acceptors (Lipinski definition) is 2. The lowest BCUT2D eigenvalue weighted by molar-refractivity contribution is 0.284. The van der Waals surface area contributed by atoms with Crippen LogP contribution in [-0.2, 0) is 5.41 Å². The van der Waals surface area contributed by atoms with Crippen molar-refractivity contribution in [2.75, 3.05) is 25.0 Å². The summed E-state index contributed by atoms with van der Waals surface area (Å²) in [4.78, 5) is 2.57. The third-order valence-corrected chi connectivity index (χ3v) is 4.03. The van der Waals surface area contributed by atoms with Gasteiger partial charge in [0.15, 0.2) is 0 Å². The molecule has 0 radical (unpaired) electrons. The van der Waals surface area contributed by atoms with Gasteiger partial charge in [0.2, 0.25) is 0 Å². The molecule has 0 atom stereocenters. The van der Waals surface area contributed by atoms with Gasteiger partial charge >= 0.3 is 0 Å². The predicted molar refractivity (Wildman–Crippen MR) is 88.5 cm³/mol. The summed E-state index contributed by atoms with van der Waals surface area (Å²) in [5.41, 5.74) is 2.94. The maximum atomic E-state index is 3.72. The first-order valence-electron chi connectivity index (χ1n) is 7.87. The van der Waals surface area contributed by atoms with Crippen molar-refractivity contribution >= 4 is 5.69 Å². The third-order valence-electron chi connectivity index (χ3n) is 4.03. The Labute approximate surface area is 124 Å². The van der Waals surface area contributed by atoms with Crippen LogP contribution in [-0.4, -0.2) is 30.1 Å². The van der Waals surface area contributed by atoms with Crippen molar-refractivity contribution in [1.29, 1.82) is 0 Å². The molecule has 1 fully saturated rings. The Bertz CT molecular complexity index is 437. The first kappa shape index (κ1) is 15.4. The smallest absolute Gasteiger partial charge is 0.0444 e. The molecule has 1 saturated heterocycles. The summed E-state index contributed by atoms with van der Waals surface area (Å²) in [7, 11) is 0. The SMILES string of the molecule is CC(C)(CN1CCCC1)Nc1cccc(C(C)(C)C)c1. The fraction of sp³-hybridized carbons (Fsp3) is 0.667. The first-order chi connectivity index (χ1) is 9.26. The first-order valence-corrected chi connectivity index (χ1v) is 7.87. The summed E-state index contributed by atoms with van der Waals surface area (Å²) in [6, 6.07) is 8.86. The van der Waals surface area contributed by atoms with Gasteiger partial charge in [0.1, 0.15) is 0 Å². The van der Waals surface area contributed by atoms with Crippen LogP contribution in [0.2, 0.25) is 0 Å². The van der Waals surface area contributed by atoms with Crippen molar-refractivity contribution in [3.63, 3.8) is 0 Å². The molecule has 1 N–H and O–H groups in total. The lowest BCUT2D eigenvalue weighted by Gasteiger charge is -2.32. The van der Waals surface area contributed by atoms with Gasteiger partial charge in [-0.25, -0.2) is 0 Å². The fourth-order valence-electron chi connectivity index (χ4n) is 2.99. The Morgan fingerprint density at radius 1 is 1.05 bits per heavy atom. The second-order valence-electron chi connectivity index (χ2n) is 7.82. The lowest BCUT2D eigenvalue weighted by atomic mass is 9.87. The van der Waals surface area contributed by atoms with Crippen LogP contribution in [0.4, 0.5) is 5.69 Å². The molecule has 2 rings (SSSR count). The van der Waals surface area contributed by atoms with Gasteiger partial charge in [-0.3, -0.25) is 0 Å². The molecule has 0 aliphatic carbocycles. The highest BCUT2D eigenvalue weighted by molar-refractivity contribution is 5.49. The monoisotopic (exact) mass is 274 g/mol. The Morgan fingerprint density at radius 3 is 2.30 bits per heavy atom. The molecule has 2 nitrogen and oxygen atoms in total. The fourth-order valence-corrected chi connectivity index (χ4v) is 2.99. The average molecular weight is 274 g/mol. The van der Waals surface area contributed by atoms with Crippen LogP contribution in [0.25, 0.3) is 0 Å². The zero-order valence-electron chi connectivity index (χ0n) is 13.8. The molecule has 1 aromatic rings. The van der Waals surface area contributed by atoms with Crippen molar-refractivity contribution in [3.05, 3.63) is 29.8 Å². The number of rotatable bonds is 4. The number of likely N-dealkylation sites (tertiary alicyclic amines) is 1. The van der Waals surface area contributed by atoms with Gasteiger partial charge < -0.3 is 10.2 Å². The minimum Gasteiger partial charge on any atom is -0.379 e. The molecule has 2 heteroatoms. The van der Waals surface area contributed by atoms with E-state index < -0.39 is 0 Å². The average Bonchev–Trinajstić information content (AvgIpc) is 2.79. The third kappa shape index (κ3) is 4.24. The number of anilines is 1. The number of hydrogen-bond donors (Lipinski definition) is 1. The van der Waals surface area contributed by atoms with Gasteiger partial charge in [-0.2, -0.15) is 0 Å². The van der Waals surface area contributed by atoms with Crippen LogP contribution in [0.15, 0.2) is 24.3 Å². The summed E-state index contributed by atoms with van der Waals surface area (Å²) >= 11 is 0. The van der Waals surface area contributed by atoms with Crippen LogP contribution < -0.4 is 5.32 Å². The molecular formula is C18H30N2. The summed E-state index contributed by atoms with van der Waals surface area (Å²) in [6.07, 6.45) is 2.71. The van der Waals surface area contributed by atoms with Gasteiger partial charge in [-0.05, 0) is 62.9 Å². The van der Waals surface area contributed by atoms with E-state index in [4.69, 9.17) is 0 Å². The van der Waals surface area contributed by atoms with Gasteiger partial charge in [0, 0.05) is 17.8 Å². The van der Waals surface area contributed by atoms with E-state index in [1.165, 1.54) is 37.2 Å². The molecule has 1 aliphatic rings. The van der Waals surface area contributed by atoms with E-state index in [2.05, 4.69) is 69.1 Å². The molecule has 112 valence electrons. The minimum atomic E-state index is 0.112. The van der Waals surface area contributed by atoms with E-state index in [9.17, 15) is 0 Å². The zero-order valence-corrected chi connectivity index (χ0v) is 13.8. The molecule has 1 aromatic carbocycles. The van der Waals surface area contributed by atoms with Crippen molar-refractivity contribution in [2.45, 2.75) is 58.4 Å². The number of benzene rings is 1. The van der Waals surface area contributed by atoms with E-state index in [0.717, 1.165) is 6.54 Å². The van der Waals surface area contributed by atoms with Gasteiger partial charge in [-0.15, -0.1) is 0 Å². The molecule has 1 aliphatic heterocycles. The maximum Gasteiger partial charge on any atom is 0.0444 e. The molecule has 0 aromatic heterocycles. The zero-order chi connectivity index (χ0) is 14.8. The molecule has 0 unspecified atom stereocenters. The quantitative estimate of drug-likeness (QED) is 0.882. The summed E-state index contributed by atoms with van der Waals surface area (Å²) in [5.74, 6) is 0. The van der Waals surface area contributed by atoms with E-state index in [1.807, 2.05) is 0 Å². The lowest BCUT2D eigenvalue weighted by Crippen LogP contribution is -2.43. The van der Waals surface area contributed by atoms with E-state index >= 15 is 0 Å². The molecule has 0 bridgehead atoms. The highest BCUT2D eigenvalue weighted by atomic mass is 15.2. The minimum absolute atomic E-state index is 0.112. The Morgan fingerprint density at radius 2 is 1.70 bits per heavy atom. The molecule has 1 heterocycles. The van der Waals surface area contributed by atoms with Gasteiger partial charge in [-0.1, -0.05) is 32.9 Å². The van der Waals surface area contributed by atoms with Crippen LogP contribution in [0, 0.1) is 0 Å². The normalized spacial score (nSPS) is 17.4. The summed E-state index contributed by atoms with van der Waals surface area (Å²) in [6.45, 7) is 15.0. The van der Waals surface area contributed by atoms with E-state index in [1.54, 1.807) is 0 Å². The topological polar surface area (TPSA) is 15.3 Å². The molecule has 0 spiro atoms. The Balaban J connectivity index is 2.04. The molecular weight excluding hydrogens is 244 g/mol.